The molecule has 116 valence electrons. The smallest absolute Gasteiger partial charge is 0.314 e. The number of piperidine rings is 1. The van der Waals surface area contributed by atoms with Gasteiger partial charge in [-0.05, 0) is 43.5 Å². The van der Waals surface area contributed by atoms with Crippen molar-refractivity contribution in [1.29, 1.82) is 0 Å². The fourth-order valence-electron chi connectivity index (χ4n) is 3.28. The largest absolute Gasteiger partial charge is 0.481 e. The standard InChI is InChI=1S/C17H21N3O2/c1-2-15-14(11-19-20-15)12-3-5-13(6-4-12)17(16(21)22)7-9-18-10-8-17/h3-6,11,18H,2,7-10H2,1H3,(H,19,20)(H,21,22). The molecule has 0 aliphatic carbocycles. The molecule has 3 rings (SSSR count). The molecule has 1 aromatic carbocycles. The van der Waals surface area contributed by atoms with Crippen molar-refractivity contribution in [3.8, 4) is 11.1 Å². The molecule has 3 N–H and O–H groups in total. The number of aliphatic carboxylic acids is 1. The van der Waals surface area contributed by atoms with Gasteiger partial charge in [-0.1, -0.05) is 31.2 Å². The van der Waals surface area contributed by atoms with E-state index in [9.17, 15) is 9.90 Å². The van der Waals surface area contributed by atoms with Crippen molar-refractivity contribution in [3.05, 3.63) is 41.7 Å². The van der Waals surface area contributed by atoms with Crippen molar-refractivity contribution in [1.82, 2.24) is 15.5 Å². The van der Waals surface area contributed by atoms with Crippen molar-refractivity contribution in [3.63, 3.8) is 0 Å². The zero-order valence-electron chi connectivity index (χ0n) is 12.7. The number of aromatic nitrogens is 2. The van der Waals surface area contributed by atoms with Gasteiger partial charge in [0.1, 0.15) is 0 Å². The summed E-state index contributed by atoms with van der Waals surface area (Å²) in [5, 5.41) is 20.1. The molecule has 1 aliphatic rings. The molecule has 0 amide bonds. The summed E-state index contributed by atoms with van der Waals surface area (Å²) >= 11 is 0. The molecule has 5 nitrogen and oxygen atoms in total. The van der Waals surface area contributed by atoms with E-state index < -0.39 is 11.4 Å². The lowest BCUT2D eigenvalue weighted by Crippen LogP contribution is -2.45. The number of carboxylic acids is 1. The molecule has 1 aliphatic heterocycles. The number of carboxylic acid groups (broad SMARTS) is 1. The Morgan fingerprint density at radius 1 is 1.27 bits per heavy atom. The number of nitrogens with one attached hydrogen (secondary N) is 2. The fourth-order valence-corrected chi connectivity index (χ4v) is 3.28. The Hall–Kier alpha value is -2.14. The summed E-state index contributed by atoms with van der Waals surface area (Å²) in [4.78, 5) is 11.8. The van der Waals surface area contributed by atoms with Crippen LogP contribution >= 0.6 is 0 Å². The summed E-state index contributed by atoms with van der Waals surface area (Å²) in [5.41, 5.74) is 3.40. The average Bonchev–Trinajstić information content (AvgIpc) is 3.04. The minimum atomic E-state index is -0.756. The predicted molar refractivity (Wildman–Crippen MR) is 84.8 cm³/mol. The van der Waals surface area contributed by atoms with E-state index in [1.807, 2.05) is 30.5 Å². The highest BCUT2D eigenvalue weighted by atomic mass is 16.4. The first-order valence-electron chi connectivity index (χ1n) is 7.74. The minimum absolute atomic E-state index is 0.633. The number of aromatic amines is 1. The maximum absolute atomic E-state index is 11.8. The van der Waals surface area contributed by atoms with Gasteiger partial charge in [-0.2, -0.15) is 5.10 Å². The number of hydrogen-bond donors (Lipinski definition) is 3. The first-order chi connectivity index (χ1) is 10.7. The Morgan fingerprint density at radius 2 is 1.95 bits per heavy atom. The van der Waals surface area contributed by atoms with Crippen LogP contribution in [0, 0.1) is 0 Å². The van der Waals surface area contributed by atoms with Crippen molar-refractivity contribution in [2.45, 2.75) is 31.6 Å². The summed E-state index contributed by atoms with van der Waals surface area (Å²) < 4.78 is 0. The lowest BCUT2D eigenvalue weighted by atomic mass is 9.73. The van der Waals surface area contributed by atoms with Crippen LogP contribution in [-0.4, -0.2) is 34.4 Å². The SMILES string of the molecule is CCc1[nH]ncc1-c1ccc(C2(C(=O)O)CCNCC2)cc1. The third-order valence-corrected chi connectivity index (χ3v) is 4.69. The van der Waals surface area contributed by atoms with E-state index in [1.165, 1.54) is 0 Å². The molecular weight excluding hydrogens is 278 g/mol. The molecule has 0 unspecified atom stereocenters. The van der Waals surface area contributed by atoms with Crippen LogP contribution in [0.3, 0.4) is 0 Å². The molecule has 1 saturated heterocycles. The third kappa shape index (κ3) is 2.41. The average molecular weight is 299 g/mol. The van der Waals surface area contributed by atoms with Gasteiger partial charge in [0.15, 0.2) is 0 Å². The van der Waals surface area contributed by atoms with Gasteiger partial charge >= 0.3 is 5.97 Å². The van der Waals surface area contributed by atoms with Gasteiger partial charge < -0.3 is 10.4 Å². The normalized spacial score (nSPS) is 17.3. The highest BCUT2D eigenvalue weighted by Crippen LogP contribution is 2.35. The van der Waals surface area contributed by atoms with E-state index in [0.717, 1.165) is 41.9 Å². The second-order valence-electron chi connectivity index (χ2n) is 5.83. The molecule has 0 radical (unpaired) electrons. The Bertz CT molecular complexity index is 655. The molecule has 0 atom stereocenters. The van der Waals surface area contributed by atoms with E-state index in [-0.39, 0.29) is 0 Å². The summed E-state index contributed by atoms with van der Waals surface area (Å²) in [7, 11) is 0. The minimum Gasteiger partial charge on any atom is -0.481 e. The van der Waals surface area contributed by atoms with Crippen molar-refractivity contribution < 1.29 is 9.90 Å². The predicted octanol–water partition coefficient (Wildman–Crippen LogP) is 2.34. The number of rotatable bonds is 4. The lowest BCUT2D eigenvalue weighted by molar-refractivity contribution is -0.145. The molecule has 0 saturated carbocycles. The molecule has 22 heavy (non-hydrogen) atoms. The van der Waals surface area contributed by atoms with Gasteiger partial charge in [0, 0.05) is 11.3 Å². The van der Waals surface area contributed by atoms with Crippen LogP contribution in [0.5, 0.6) is 0 Å². The highest BCUT2D eigenvalue weighted by Gasteiger charge is 2.41. The zero-order chi connectivity index (χ0) is 15.6. The number of aryl methyl sites for hydroxylation is 1. The fraction of sp³-hybridized carbons (Fsp3) is 0.412. The highest BCUT2D eigenvalue weighted by molar-refractivity contribution is 5.82. The van der Waals surface area contributed by atoms with Crippen LogP contribution in [-0.2, 0) is 16.6 Å². The molecule has 0 spiro atoms. The Morgan fingerprint density at radius 3 is 2.55 bits per heavy atom. The van der Waals surface area contributed by atoms with E-state index in [1.54, 1.807) is 0 Å². The molecule has 2 heterocycles. The molecule has 1 fully saturated rings. The Labute approximate surface area is 129 Å². The van der Waals surface area contributed by atoms with E-state index in [2.05, 4.69) is 22.4 Å². The Balaban J connectivity index is 1.95. The zero-order valence-corrected chi connectivity index (χ0v) is 12.7. The summed E-state index contributed by atoms with van der Waals surface area (Å²) in [6.45, 7) is 3.57. The monoisotopic (exact) mass is 299 g/mol. The van der Waals surface area contributed by atoms with Crippen LogP contribution in [0.15, 0.2) is 30.5 Å². The van der Waals surface area contributed by atoms with Gasteiger partial charge in [0.25, 0.3) is 0 Å². The maximum Gasteiger partial charge on any atom is 0.314 e. The van der Waals surface area contributed by atoms with Crippen LogP contribution in [0.25, 0.3) is 11.1 Å². The van der Waals surface area contributed by atoms with Crippen molar-refractivity contribution >= 4 is 5.97 Å². The van der Waals surface area contributed by atoms with Crippen LogP contribution in [0.4, 0.5) is 0 Å². The number of hydrogen-bond acceptors (Lipinski definition) is 3. The van der Waals surface area contributed by atoms with Crippen LogP contribution in [0.2, 0.25) is 0 Å². The first-order valence-corrected chi connectivity index (χ1v) is 7.74. The molecule has 1 aromatic heterocycles. The number of H-pyrrole nitrogens is 1. The number of benzene rings is 1. The summed E-state index contributed by atoms with van der Waals surface area (Å²) in [6, 6.07) is 7.93. The quantitative estimate of drug-likeness (QED) is 0.810. The van der Waals surface area contributed by atoms with Crippen molar-refractivity contribution in [2.24, 2.45) is 0 Å². The second kappa shape index (κ2) is 5.93. The van der Waals surface area contributed by atoms with Gasteiger partial charge in [-0.25, -0.2) is 0 Å². The van der Waals surface area contributed by atoms with E-state index in [0.29, 0.717) is 12.8 Å². The summed E-state index contributed by atoms with van der Waals surface area (Å²) in [6.07, 6.45) is 3.98. The van der Waals surface area contributed by atoms with Gasteiger partial charge in [-0.3, -0.25) is 9.89 Å². The van der Waals surface area contributed by atoms with Crippen LogP contribution < -0.4 is 5.32 Å². The first kappa shape index (κ1) is 14.8. The molecule has 0 bridgehead atoms. The molecule has 2 aromatic rings. The number of carbonyl (C=O) groups is 1. The maximum atomic E-state index is 11.8. The van der Waals surface area contributed by atoms with Gasteiger partial charge in [0.2, 0.25) is 0 Å². The molecular formula is C17H21N3O2. The van der Waals surface area contributed by atoms with Gasteiger partial charge in [-0.15, -0.1) is 0 Å². The molecule has 5 heteroatoms. The topological polar surface area (TPSA) is 78.0 Å². The Kier molecular flexibility index (Phi) is 3.98. The van der Waals surface area contributed by atoms with E-state index in [4.69, 9.17) is 0 Å². The van der Waals surface area contributed by atoms with Crippen LogP contribution in [0.1, 0.15) is 31.0 Å². The number of nitrogens with zero attached hydrogens (tertiary/aromatic N) is 1. The third-order valence-electron chi connectivity index (χ3n) is 4.69. The summed E-state index contributed by atoms with van der Waals surface area (Å²) in [5.74, 6) is -0.723. The van der Waals surface area contributed by atoms with Gasteiger partial charge in [0.05, 0.1) is 11.6 Å². The lowest BCUT2D eigenvalue weighted by Gasteiger charge is -2.34. The second-order valence-corrected chi connectivity index (χ2v) is 5.83. The van der Waals surface area contributed by atoms with E-state index >= 15 is 0 Å². The van der Waals surface area contributed by atoms with Crippen molar-refractivity contribution in [2.75, 3.05) is 13.1 Å².